The molecule has 0 spiro atoms. The predicted molar refractivity (Wildman–Crippen MR) is 190 cm³/mol. The minimum absolute atomic E-state index is 0.0332. The summed E-state index contributed by atoms with van der Waals surface area (Å²) in [6.07, 6.45) is 10.6. The summed E-state index contributed by atoms with van der Waals surface area (Å²) < 4.78 is 0. The fourth-order valence-corrected chi connectivity index (χ4v) is 5.74. The smallest absolute Gasteiger partial charge is 0.246 e. The Balaban J connectivity index is 3.02. The molecule has 48 heavy (non-hydrogen) atoms. The molecule has 5 amide bonds. The van der Waals surface area contributed by atoms with Gasteiger partial charge < -0.3 is 36.2 Å². The zero-order chi connectivity index (χ0) is 36.2. The van der Waals surface area contributed by atoms with Crippen LogP contribution >= 0.6 is 0 Å². The van der Waals surface area contributed by atoms with E-state index in [2.05, 4.69) is 28.2 Å². The molecule has 1 aliphatic rings. The summed E-state index contributed by atoms with van der Waals surface area (Å²) in [7, 11) is 3.83. The van der Waals surface area contributed by atoms with Gasteiger partial charge in [-0.05, 0) is 58.2 Å². The van der Waals surface area contributed by atoms with Gasteiger partial charge in [-0.25, -0.2) is 0 Å². The van der Waals surface area contributed by atoms with Crippen LogP contribution in [0.1, 0.15) is 112 Å². The van der Waals surface area contributed by atoms with Crippen molar-refractivity contribution in [1.82, 2.24) is 31.1 Å². The first kappa shape index (κ1) is 43.0. The molecule has 0 aromatic heterocycles. The number of aliphatic hydroxyl groups is 1. The summed E-state index contributed by atoms with van der Waals surface area (Å²) in [5.41, 5.74) is 0. The van der Waals surface area contributed by atoms with Gasteiger partial charge >= 0.3 is 0 Å². The van der Waals surface area contributed by atoms with Gasteiger partial charge in [0.05, 0.1) is 6.10 Å². The van der Waals surface area contributed by atoms with E-state index in [-0.39, 0.29) is 42.7 Å². The van der Waals surface area contributed by atoms with Gasteiger partial charge in [0.1, 0.15) is 18.1 Å². The average molecular weight is 679 g/mol. The molecule has 1 aliphatic heterocycles. The van der Waals surface area contributed by atoms with Gasteiger partial charge in [0, 0.05) is 32.1 Å². The van der Waals surface area contributed by atoms with Crippen LogP contribution < -0.4 is 21.3 Å². The Hall–Kier alpha value is -2.99. The molecule has 0 saturated carbocycles. The second kappa shape index (κ2) is 23.4. The predicted octanol–water partition coefficient (Wildman–Crippen LogP) is 2.89. The summed E-state index contributed by atoms with van der Waals surface area (Å²) >= 11 is 0. The second-order valence-corrected chi connectivity index (χ2v) is 14.0. The lowest BCUT2D eigenvalue weighted by atomic mass is 9.97. The number of unbranched alkanes of at least 4 members (excludes halogenated alkanes) is 5. The normalized spacial score (nSPS) is 18.0. The van der Waals surface area contributed by atoms with Crippen molar-refractivity contribution in [3.63, 3.8) is 0 Å². The van der Waals surface area contributed by atoms with Crippen molar-refractivity contribution >= 4 is 29.5 Å². The van der Waals surface area contributed by atoms with Gasteiger partial charge in [-0.2, -0.15) is 0 Å². The maximum absolute atomic E-state index is 13.7. The first-order valence-electron chi connectivity index (χ1n) is 18.2. The molecule has 0 bridgehead atoms. The summed E-state index contributed by atoms with van der Waals surface area (Å²) in [5.74, 6) is -2.13. The number of nitrogens with one attached hydrogen (secondary N) is 4. The Morgan fingerprint density at radius 3 is 2.21 bits per heavy atom. The number of amides is 5. The van der Waals surface area contributed by atoms with E-state index in [1.165, 1.54) is 6.08 Å². The Labute approximate surface area is 289 Å². The third kappa shape index (κ3) is 16.4. The number of likely N-dealkylation sites (tertiary alicyclic amines) is 1. The standard InChI is InChI=1S/C36H66N6O6/c1-9-11-12-13-14-15-17-28(39-35(47)29-18-16-23-42(29)31(44)20-19-26(5)10-2)34(46)40-32(33(45)25(3)4)36(48)37-22-21-30(43)38-27(6)24-41(7)8/h19-20,25-29,32-33,45H,9-18,21-24H2,1-8H3,(H,37,48)(H,38,43)(H,39,47)(H,40,46)/b20-19+/t26?,27?,28?,29-,32?,33?/m0/s1. The number of likely N-dealkylation sites (N-methyl/N-ethyl adjacent to an activating group) is 1. The lowest BCUT2D eigenvalue weighted by Gasteiger charge is -2.29. The quantitative estimate of drug-likeness (QED) is 0.0821. The largest absolute Gasteiger partial charge is 0.390 e. The fourth-order valence-electron chi connectivity index (χ4n) is 5.74. The molecule has 1 rings (SSSR count). The number of hydrogen-bond acceptors (Lipinski definition) is 7. The lowest BCUT2D eigenvalue weighted by Crippen LogP contribution is -2.60. The number of allylic oxidation sites excluding steroid dienone is 1. The number of rotatable bonds is 23. The van der Waals surface area contributed by atoms with Crippen LogP contribution in [0.3, 0.4) is 0 Å². The van der Waals surface area contributed by atoms with Crippen LogP contribution in [0.2, 0.25) is 0 Å². The summed E-state index contributed by atoms with van der Waals surface area (Å²) in [5, 5.41) is 22.1. The highest BCUT2D eigenvalue weighted by molar-refractivity contribution is 5.96. The van der Waals surface area contributed by atoms with Crippen LogP contribution in [0.25, 0.3) is 0 Å². The molecule has 12 nitrogen and oxygen atoms in total. The summed E-state index contributed by atoms with van der Waals surface area (Å²) in [4.78, 5) is 69.4. The van der Waals surface area contributed by atoms with Gasteiger partial charge in [-0.1, -0.05) is 85.6 Å². The zero-order valence-corrected chi connectivity index (χ0v) is 31.0. The van der Waals surface area contributed by atoms with E-state index in [4.69, 9.17) is 0 Å². The van der Waals surface area contributed by atoms with Crippen molar-refractivity contribution in [3.05, 3.63) is 12.2 Å². The minimum atomic E-state index is -1.28. The van der Waals surface area contributed by atoms with Gasteiger partial charge in [-0.3, -0.25) is 24.0 Å². The Bertz CT molecular complexity index is 1030. The molecule has 1 saturated heterocycles. The van der Waals surface area contributed by atoms with E-state index in [1.54, 1.807) is 18.7 Å². The summed E-state index contributed by atoms with van der Waals surface area (Å²) in [6.45, 7) is 12.8. The molecule has 0 radical (unpaired) electrons. The molecule has 0 aromatic carbocycles. The second-order valence-electron chi connectivity index (χ2n) is 14.0. The molecular formula is C36H66N6O6. The van der Waals surface area contributed by atoms with Gasteiger partial charge in [0.25, 0.3) is 0 Å². The average Bonchev–Trinajstić information content (AvgIpc) is 3.52. The van der Waals surface area contributed by atoms with Crippen molar-refractivity contribution in [2.24, 2.45) is 11.8 Å². The van der Waals surface area contributed by atoms with Crippen molar-refractivity contribution in [2.75, 3.05) is 33.7 Å². The highest BCUT2D eigenvalue weighted by Gasteiger charge is 2.37. The maximum Gasteiger partial charge on any atom is 0.246 e. The highest BCUT2D eigenvalue weighted by atomic mass is 16.3. The Kier molecular flexibility index (Phi) is 21.0. The number of aliphatic hydroxyl groups excluding tert-OH is 1. The molecule has 5 N–H and O–H groups in total. The van der Waals surface area contributed by atoms with Crippen molar-refractivity contribution < 1.29 is 29.1 Å². The molecule has 1 fully saturated rings. The van der Waals surface area contributed by atoms with E-state index in [0.717, 1.165) is 38.5 Å². The van der Waals surface area contributed by atoms with E-state index in [9.17, 15) is 29.1 Å². The van der Waals surface area contributed by atoms with E-state index in [1.807, 2.05) is 45.8 Å². The molecule has 1 heterocycles. The van der Waals surface area contributed by atoms with Crippen molar-refractivity contribution in [2.45, 2.75) is 142 Å². The van der Waals surface area contributed by atoms with Crippen LogP contribution in [0.15, 0.2) is 12.2 Å². The SMILES string of the molecule is CCCCCCCCC(NC(=O)[C@@H]1CCCN1C(=O)/C=C/C(C)CC)C(=O)NC(C(=O)NCCC(=O)NC(C)CN(C)C)C(O)C(C)C. The topological polar surface area (TPSA) is 160 Å². The molecule has 12 heteroatoms. The number of hydrogen-bond donors (Lipinski definition) is 5. The van der Waals surface area contributed by atoms with Crippen LogP contribution in [0.5, 0.6) is 0 Å². The Morgan fingerprint density at radius 2 is 1.58 bits per heavy atom. The third-order valence-electron chi connectivity index (χ3n) is 8.83. The van der Waals surface area contributed by atoms with E-state index < -0.39 is 42.0 Å². The molecule has 6 atom stereocenters. The number of carbonyl (C=O) groups excluding carboxylic acids is 5. The fraction of sp³-hybridized carbons (Fsp3) is 0.806. The first-order chi connectivity index (χ1) is 22.7. The van der Waals surface area contributed by atoms with E-state index in [0.29, 0.717) is 38.8 Å². The van der Waals surface area contributed by atoms with Gasteiger partial charge in [0.2, 0.25) is 29.5 Å². The number of carbonyl (C=O) groups is 5. The summed E-state index contributed by atoms with van der Waals surface area (Å²) in [6, 6.07) is -2.98. The minimum Gasteiger partial charge on any atom is -0.390 e. The highest BCUT2D eigenvalue weighted by Crippen LogP contribution is 2.19. The maximum atomic E-state index is 13.7. The van der Waals surface area contributed by atoms with Crippen LogP contribution in [-0.2, 0) is 24.0 Å². The molecule has 276 valence electrons. The first-order valence-corrected chi connectivity index (χ1v) is 18.2. The number of nitrogens with zero attached hydrogens (tertiary/aromatic N) is 2. The lowest BCUT2D eigenvalue weighted by molar-refractivity contribution is -0.138. The molecular weight excluding hydrogens is 612 g/mol. The zero-order valence-electron chi connectivity index (χ0n) is 31.0. The monoisotopic (exact) mass is 679 g/mol. The van der Waals surface area contributed by atoms with Crippen LogP contribution in [-0.4, -0.2) is 108 Å². The van der Waals surface area contributed by atoms with Crippen LogP contribution in [0.4, 0.5) is 0 Å². The van der Waals surface area contributed by atoms with Crippen LogP contribution in [0, 0.1) is 11.8 Å². The molecule has 0 aliphatic carbocycles. The van der Waals surface area contributed by atoms with Crippen molar-refractivity contribution in [3.8, 4) is 0 Å². The van der Waals surface area contributed by atoms with Gasteiger partial charge in [-0.15, -0.1) is 0 Å². The van der Waals surface area contributed by atoms with E-state index >= 15 is 0 Å². The molecule has 5 unspecified atom stereocenters. The van der Waals surface area contributed by atoms with Gasteiger partial charge in [0.15, 0.2) is 0 Å². The van der Waals surface area contributed by atoms with Crippen molar-refractivity contribution in [1.29, 1.82) is 0 Å². The third-order valence-corrected chi connectivity index (χ3v) is 8.83. The molecule has 0 aromatic rings. The Morgan fingerprint density at radius 1 is 0.917 bits per heavy atom.